The fourth-order valence-electron chi connectivity index (χ4n) is 1.74. The molecule has 0 saturated carbocycles. The molecule has 0 aliphatic heterocycles. The van der Waals surface area contributed by atoms with Crippen molar-refractivity contribution in [3.63, 3.8) is 0 Å². The standard InChI is InChI=1S/C11H19NO/c1-5-13-8-11(4)12-9(2)6-7-10(12)3/h6-7,11H,5,8H2,1-4H3. The molecule has 1 atom stereocenters. The molecule has 1 aromatic rings. The van der Waals surface area contributed by atoms with Gasteiger partial charge in [-0.2, -0.15) is 0 Å². The van der Waals surface area contributed by atoms with Gasteiger partial charge in [-0.15, -0.1) is 0 Å². The highest BCUT2D eigenvalue weighted by molar-refractivity contribution is 5.14. The minimum atomic E-state index is 0.440. The van der Waals surface area contributed by atoms with E-state index in [1.54, 1.807) is 0 Å². The second kappa shape index (κ2) is 4.47. The summed E-state index contributed by atoms with van der Waals surface area (Å²) in [7, 11) is 0. The highest BCUT2D eigenvalue weighted by Gasteiger charge is 2.08. The molecule has 2 nitrogen and oxygen atoms in total. The second-order valence-electron chi connectivity index (χ2n) is 3.49. The van der Waals surface area contributed by atoms with E-state index in [1.807, 2.05) is 6.92 Å². The Kier molecular flexibility index (Phi) is 3.55. The maximum atomic E-state index is 5.41. The SMILES string of the molecule is CCOCC(C)n1c(C)ccc1C. The molecule has 0 radical (unpaired) electrons. The predicted octanol–water partition coefficient (Wildman–Crippen LogP) is 2.70. The third-order valence-electron chi connectivity index (χ3n) is 2.33. The summed E-state index contributed by atoms with van der Waals surface area (Å²) in [6.45, 7) is 10.1. The molecule has 0 fully saturated rings. The summed E-state index contributed by atoms with van der Waals surface area (Å²) < 4.78 is 7.72. The Labute approximate surface area is 80.5 Å². The first kappa shape index (κ1) is 10.3. The van der Waals surface area contributed by atoms with Gasteiger partial charge < -0.3 is 9.30 Å². The molecule has 0 saturated heterocycles. The zero-order valence-electron chi connectivity index (χ0n) is 9.00. The number of aryl methyl sites for hydroxylation is 2. The van der Waals surface area contributed by atoms with Crippen LogP contribution in [-0.4, -0.2) is 17.8 Å². The molecule has 1 unspecified atom stereocenters. The van der Waals surface area contributed by atoms with Gasteiger partial charge in [-0.25, -0.2) is 0 Å². The van der Waals surface area contributed by atoms with Gasteiger partial charge in [-0.3, -0.25) is 0 Å². The third-order valence-corrected chi connectivity index (χ3v) is 2.33. The predicted molar refractivity (Wildman–Crippen MR) is 55.1 cm³/mol. The molecule has 0 bridgehead atoms. The van der Waals surface area contributed by atoms with E-state index in [0.717, 1.165) is 13.2 Å². The summed E-state index contributed by atoms with van der Waals surface area (Å²) in [6, 6.07) is 4.74. The van der Waals surface area contributed by atoms with Crippen molar-refractivity contribution in [1.82, 2.24) is 4.57 Å². The first-order chi connectivity index (χ1) is 6.16. The van der Waals surface area contributed by atoms with E-state index in [9.17, 15) is 0 Å². The Morgan fingerprint density at radius 3 is 2.31 bits per heavy atom. The molecule has 0 aliphatic rings. The molecule has 74 valence electrons. The van der Waals surface area contributed by atoms with Gasteiger partial charge in [-0.05, 0) is 39.8 Å². The normalized spacial score (nSPS) is 13.2. The van der Waals surface area contributed by atoms with Gasteiger partial charge in [-0.1, -0.05) is 0 Å². The molecule has 0 spiro atoms. The van der Waals surface area contributed by atoms with Gasteiger partial charge >= 0.3 is 0 Å². The van der Waals surface area contributed by atoms with Crippen LogP contribution in [0.15, 0.2) is 12.1 Å². The van der Waals surface area contributed by atoms with E-state index < -0.39 is 0 Å². The number of hydrogen-bond acceptors (Lipinski definition) is 1. The lowest BCUT2D eigenvalue weighted by Gasteiger charge is -2.17. The van der Waals surface area contributed by atoms with Gasteiger partial charge in [0.05, 0.1) is 12.6 Å². The lowest BCUT2D eigenvalue weighted by molar-refractivity contribution is 0.118. The highest BCUT2D eigenvalue weighted by atomic mass is 16.5. The molecule has 1 rings (SSSR count). The van der Waals surface area contributed by atoms with Gasteiger partial charge in [0.15, 0.2) is 0 Å². The van der Waals surface area contributed by atoms with Crippen molar-refractivity contribution in [2.75, 3.05) is 13.2 Å². The van der Waals surface area contributed by atoms with Crippen molar-refractivity contribution in [2.45, 2.75) is 33.7 Å². The minimum absolute atomic E-state index is 0.440. The zero-order chi connectivity index (χ0) is 9.84. The summed E-state index contributed by atoms with van der Waals surface area (Å²) in [5.74, 6) is 0. The molecule has 2 heteroatoms. The number of hydrogen-bond donors (Lipinski definition) is 0. The van der Waals surface area contributed by atoms with Crippen molar-refractivity contribution >= 4 is 0 Å². The zero-order valence-corrected chi connectivity index (χ0v) is 9.00. The van der Waals surface area contributed by atoms with Crippen molar-refractivity contribution in [2.24, 2.45) is 0 Å². The monoisotopic (exact) mass is 181 g/mol. The Balaban J connectivity index is 2.69. The molecule has 0 N–H and O–H groups in total. The number of ether oxygens (including phenoxy) is 1. The molecular formula is C11H19NO. The Bertz CT molecular complexity index is 246. The number of rotatable bonds is 4. The van der Waals surface area contributed by atoms with Crippen molar-refractivity contribution in [3.8, 4) is 0 Å². The Hall–Kier alpha value is -0.760. The summed E-state index contributed by atoms with van der Waals surface area (Å²) in [5, 5.41) is 0. The highest BCUT2D eigenvalue weighted by Crippen LogP contribution is 2.15. The van der Waals surface area contributed by atoms with Gasteiger partial charge in [0.2, 0.25) is 0 Å². The summed E-state index contributed by atoms with van der Waals surface area (Å²) in [4.78, 5) is 0. The van der Waals surface area contributed by atoms with Crippen molar-refractivity contribution in [3.05, 3.63) is 23.5 Å². The first-order valence-corrected chi connectivity index (χ1v) is 4.89. The average molecular weight is 181 g/mol. The van der Waals surface area contributed by atoms with Crippen LogP contribution in [-0.2, 0) is 4.74 Å². The first-order valence-electron chi connectivity index (χ1n) is 4.89. The lowest BCUT2D eigenvalue weighted by Crippen LogP contribution is -2.14. The fraction of sp³-hybridized carbons (Fsp3) is 0.636. The molecule has 0 aromatic carbocycles. The van der Waals surface area contributed by atoms with Crippen LogP contribution < -0.4 is 0 Å². The van der Waals surface area contributed by atoms with Crippen LogP contribution in [0.4, 0.5) is 0 Å². The molecule has 13 heavy (non-hydrogen) atoms. The molecular weight excluding hydrogens is 162 g/mol. The lowest BCUT2D eigenvalue weighted by atomic mass is 10.3. The van der Waals surface area contributed by atoms with E-state index in [4.69, 9.17) is 4.74 Å². The topological polar surface area (TPSA) is 14.2 Å². The van der Waals surface area contributed by atoms with Crippen LogP contribution >= 0.6 is 0 Å². The fourth-order valence-corrected chi connectivity index (χ4v) is 1.74. The van der Waals surface area contributed by atoms with E-state index in [-0.39, 0.29) is 0 Å². The summed E-state index contributed by atoms with van der Waals surface area (Å²) in [5.41, 5.74) is 2.62. The molecule has 1 aromatic heterocycles. The largest absolute Gasteiger partial charge is 0.380 e. The summed E-state index contributed by atoms with van der Waals surface area (Å²) in [6.07, 6.45) is 0. The molecule has 0 aliphatic carbocycles. The minimum Gasteiger partial charge on any atom is -0.380 e. The van der Waals surface area contributed by atoms with Crippen molar-refractivity contribution in [1.29, 1.82) is 0 Å². The van der Waals surface area contributed by atoms with Crippen LogP contribution in [0, 0.1) is 13.8 Å². The maximum absolute atomic E-state index is 5.41. The Morgan fingerprint density at radius 2 is 1.85 bits per heavy atom. The van der Waals surface area contributed by atoms with Gasteiger partial charge in [0, 0.05) is 18.0 Å². The van der Waals surface area contributed by atoms with E-state index in [0.29, 0.717) is 6.04 Å². The number of aromatic nitrogens is 1. The average Bonchev–Trinajstić information content (AvgIpc) is 2.42. The Morgan fingerprint density at radius 1 is 1.31 bits per heavy atom. The van der Waals surface area contributed by atoms with Crippen LogP contribution in [0.25, 0.3) is 0 Å². The van der Waals surface area contributed by atoms with E-state index in [2.05, 4.69) is 37.5 Å². The number of nitrogens with zero attached hydrogens (tertiary/aromatic N) is 1. The smallest absolute Gasteiger partial charge is 0.0671 e. The van der Waals surface area contributed by atoms with Crippen LogP contribution in [0.3, 0.4) is 0 Å². The van der Waals surface area contributed by atoms with E-state index in [1.165, 1.54) is 11.4 Å². The van der Waals surface area contributed by atoms with Crippen molar-refractivity contribution < 1.29 is 4.74 Å². The third kappa shape index (κ3) is 2.34. The summed E-state index contributed by atoms with van der Waals surface area (Å²) >= 11 is 0. The van der Waals surface area contributed by atoms with Gasteiger partial charge in [0.1, 0.15) is 0 Å². The molecule has 0 amide bonds. The maximum Gasteiger partial charge on any atom is 0.0671 e. The van der Waals surface area contributed by atoms with Crippen LogP contribution in [0.1, 0.15) is 31.3 Å². The van der Waals surface area contributed by atoms with Crippen LogP contribution in [0.2, 0.25) is 0 Å². The van der Waals surface area contributed by atoms with Gasteiger partial charge in [0.25, 0.3) is 0 Å². The molecule has 1 heterocycles. The second-order valence-corrected chi connectivity index (χ2v) is 3.49. The van der Waals surface area contributed by atoms with E-state index >= 15 is 0 Å². The van der Waals surface area contributed by atoms with Crippen LogP contribution in [0.5, 0.6) is 0 Å². The quantitative estimate of drug-likeness (QED) is 0.696.